The summed E-state index contributed by atoms with van der Waals surface area (Å²) in [5.41, 5.74) is 4.25. The third-order valence-electron chi connectivity index (χ3n) is 3.93. The minimum atomic E-state index is -0.348. The molecule has 0 aliphatic rings. The maximum atomic E-state index is 12.0. The van der Waals surface area contributed by atoms with E-state index in [0.29, 0.717) is 31.5 Å². The molecule has 0 spiro atoms. The lowest BCUT2D eigenvalue weighted by atomic mass is 10.2. The van der Waals surface area contributed by atoms with Gasteiger partial charge in [-0.25, -0.2) is 5.43 Å². The number of hydrogen-bond acceptors (Lipinski definition) is 4. The number of anilines is 1. The Bertz CT molecular complexity index is 1100. The molecule has 2 N–H and O–H groups in total. The van der Waals surface area contributed by atoms with Crippen LogP contribution in [0, 0.1) is 0 Å². The molecule has 0 fully saturated rings. The van der Waals surface area contributed by atoms with E-state index in [4.69, 9.17) is 27.9 Å². The average molecular weight is 521 g/mol. The Morgan fingerprint density at radius 1 is 0.968 bits per heavy atom. The Kier molecular flexibility index (Phi) is 8.06. The molecule has 0 saturated carbocycles. The molecule has 0 bridgehead atoms. The Morgan fingerprint density at radius 3 is 2.26 bits per heavy atom. The molecule has 158 valence electrons. The number of amides is 2. The van der Waals surface area contributed by atoms with Crippen molar-refractivity contribution in [3.8, 4) is 5.75 Å². The van der Waals surface area contributed by atoms with Gasteiger partial charge in [-0.3, -0.25) is 9.59 Å². The van der Waals surface area contributed by atoms with Crippen LogP contribution in [0.25, 0.3) is 0 Å². The first kappa shape index (κ1) is 22.8. The molecular weight excluding hydrogens is 505 g/mol. The minimum absolute atomic E-state index is 0.161. The quantitative estimate of drug-likeness (QED) is 0.317. The van der Waals surface area contributed by atoms with Crippen molar-refractivity contribution in [2.45, 2.75) is 0 Å². The zero-order valence-corrected chi connectivity index (χ0v) is 19.0. The number of carbonyl (C=O) groups is 2. The van der Waals surface area contributed by atoms with Crippen molar-refractivity contribution in [1.29, 1.82) is 0 Å². The van der Waals surface area contributed by atoms with Gasteiger partial charge in [0.05, 0.1) is 10.7 Å². The maximum Gasteiger partial charge on any atom is 0.271 e. The zero-order chi connectivity index (χ0) is 22.2. The fourth-order valence-corrected chi connectivity index (χ4v) is 3.18. The van der Waals surface area contributed by atoms with Crippen molar-refractivity contribution in [3.63, 3.8) is 0 Å². The normalized spacial score (nSPS) is 10.7. The van der Waals surface area contributed by atoms with Gasteiger partial charge < -0.3 is 10.1 Å². The van der Waals surface area contributed by atoms with Crippen LogP contribution in [0.1, 0.15) is 15.9 Å². The summed E-state index contributed by atoms with van der Waals surface area (Å²) in [7, 11) is 0. The first-order chi connectivity index (χ1) is 14.9. The molecule has 31 heavy (non-hydrogen) atoms. The predicted octanol–water partition coefficient (Wildman–Crippen LogP) is 5.54. The van der Waals surface area contributed by atoms with E-state index in [-0.39, 0.29) is 18.4 Å². The molecule has 3 aromatic rings. The van der Waals surface area contributed by atoms with Gasteiger partial charge in [0, 0.05) is 21.3 Å². The van der Waals surface area contributed by atoms with Crippen molar-refractivity contribution in [3.05, 3.63) is 92.4 Å². The molecule has 0 atom stereocenters. The number of carbonyl (C=O) groups excluding carboxylic acids is 2. The lowest BCUT2D eigenvalue weighted by molar-refractivity contribution is -0.118. The van der Waals surface area contributed by atoms with Crippen molar-refractivity contribution < 1.29 is 14.3 Å². The van der Waals surface area contributed by atoms with Gasteiger partial charge in [-0.1, -0.05) is 23.2 Å². The van der Waals surface area contributed by atoms with E-state index in [1.807, 2.05) is 0 Å². The fourth-order valence-electron chi connectivity index (χ4n) is 2.42. The van der Waals surface area contributed by atoms with Gasteiger partial charge in [0.2, 0.25) is 0 Å². The fraction of sp³-hybridized carbons (Fsp3) is 0.0455. The van der Waals surface area contributed by atoms with E-state index in [0.717, 1.165) is 5.56 Å². The molecule has 0 unspecified atom stereocenters. The van der Waals surface area contributed by atoms with Crippen LogP contribution in [0.5, 0.6) is 5.75 Å². The Morgan fingerprint density at radius 2 is 1.61 bits per heavy atom. The first-order valence-electron chi connectivity index (χ1n) is 8.97. The SMILES string of the molecule is O=C(COc1ccc(/C=N/NC(=O)c2ccc(Cl)cc2)cc1Br)Nc1ccc(Cl)cc1. The van der Waals surface area contributed by atoms with E-state index in [1.165, 1.54) is 6.21 Å². The van der Waals surface area contributed by atoms with E-state index in [1.54, 1.807) is 66.7 Å². The highest BCUT2D eigenvalue weighted by molar-refractivity contribution is 9.10. The smallest absolute Gasteiger partial charge is 0.271 e. The largest absolute Gasteiger partial charge is 0.483 e. The lowest BCUT2D eigenvalue weighted by Gasteiger charge is -2.09. The standard InChI is InChI=1S/C22H16BrCl2N3O3/c23-19-11-14(12-26-28-22(30)15-2-4-16(24)5-3-15)1-10-20(19)31-13-21(29)27-18-8-6-17(25)7-9-18/h1-12H,13H2,(H,27,29)(H,28,30)/b26-12+. The van der Waals surface area contributed by atoms with Gasteiger partial charge in [-0.15, -0.1) is 0 Å². The molecule has 0 heterocycles. The monoisotopic (exact) mass is 519 g/mol. The van der Waals surface area contributed by atoms with Crippen LogP contribution in [0.4, 0.5) is 5.69 Å². The summed E-state index contributed by atoms with van der Waals surface area (Å²) in [6.07, 6.45) is 1.50. The lowest BCUT2D eigenvalue weighted by Crippen LogP contribution is -2.20. The number of hydrogen-bond donors (Lipinski definition) is 2. The number of benzene rings is 3. The Labute approximate surface area is 197 Å². The van der Waals surface area contributed by atoms with Crippen molar-refractivity contribution in [2.75, 3.05) is 11.9 Å². The van der Waals surface area contributed by atoms with Gasteiger partial charge in [0.1, 0.15) is 5.75 Å². The molecule has 6 nitrogen and oxygen atoms in total. The highest BCUT2D eigenvalue weighted by Gasteiger charge is 2.07. The summed E-state index contributed by atoms with van der Waals surface area (Å²) in [5.74, 6) is -0.156. The Hall–Kier alpha value is -2.87. The molecule has 0 radical (unpaired) electrons. The first-order valence-corrected chi connectivity index (χ1v) is 10.5. The second-order valence-electron chi connectivity index (χ2n) is 6.24. The molecule has 0 aliphatic carbocycles. The molecular formula is C22H16BrCl2N3O3. The summed E-state index contributed by atoms with van der Waals surface area (Å²) < 4.78 is 6.19. The van der Waals surface area contributed by atoms with Gasteiger partial charge >= 0.3 is 0 Å². The molecule has 0 aliphatic heterocycles. The second-order valence-corrected chi connectivity index (χ2v) is 7.97. The summed E-state index contributed by atoms with van der Waals surface area (Å²) in [6, 6.07) is 18.5. The van der Waals surface area contributed by atoms with Crippen molar-refractivity contribution in [1.82, 2.24) is 5.43 Å². The zero-order valence-electron chi connectivity index (χ0n) is 15.9. The van der Waals surface area contributed by atoms with Crippen LogP contribution in [0.2, 0.25) is 10.0 Å². The topological polar surface area (TPSA) is 79.8 Å². The van der Waals surface area contributed by atoms with Crippen LogP contribution >= 0.6 is 39.1 Å². The van der Waals surface area contributed by atoms with Crippen LogP contribution in [0.3, 0.4) is 0 Å². The summed E-state index contributed by atoms with van der Waals surface area (Å²) in [5, 5.41) is 7.80. The summed E-state index contributed by atoms with van der Waals surface area (Å²) >= 11 is 15.0. The van der Waals surface area contributed by atoms with E-state index >= 15 is 0 Å². The van der Waals surface area contributed by atoms with Crippen LogP contribution in [-0.4, -0.2) is 24.6 Å². The Balaban J connectivity index is 1.51. The maximum absolute atomic E-state index is 12.0. The van der Waals surface area contributed by atoms with Crippen LogP contribution in [0.15, 0.2) is 76.3 Å². The predicted molar refractivity (Wildman–Crippen MR) is 126 cm³/mol. The van der Waals surface area contributed by atoms with E-state index in [2.05, 4.69) is 31.8 Å². The van der Waals surface area contributed by atoms with Crippen LogP contribution in [-0.2, 0) is 4.79 Å². The van der Waals surface area contributed by atoms with Gasteiger partial charge in [-0.2, -0.15) is 5.10 Å². The van der Waals surface area contributed by atoms with E-state index < -0.39 is 0 Å². The highest BCUT2D eigenvalue weighted by atomic mass is 79.9. The molecule has 0 aromatic heterocycles. The highest BCUT2D eigenvalue weighted by Crippen LogP contribution is 2.25. The van der Waals surface area contributed by atoms with Crippen LogP contribution < -0.4 is 15.5 Å². The number of nitrogens with one attached hydrogen (secondary N) is 2. The number of ether oxygens (including phenoxy) is 1. The molecule has 2 amide bonds. The number of rotatable bonds is 7. The molecule has 0 saturated heterocycles. The number of hydrazone groups is 1. The second kappa shape index (κ2) is 10.9. The molecule has 9 heteroatoms. The van der Waals surface area contributed by atoms with Gasteiger partial charge in [0.15, 0.2) is 6.61 Å². The third-order valence-corrected chi connectivity index (χ3v) is 5.05. The summed E-state index contributed by atoms with van der Waals surface area (Å²) in [6.45, 7) is -0.161. The summed E-state index contributed by atoms with van der Waals surface area (Å²) in [4.78, 5) is 24.1. The average Bonchev–Trinajstić information content (AvgIpc) is 2.75. The van der Waals surface area contributed by atoms with Gasteiger partial charge in [0.25, 0.3) is 11.8 Å². The minimum Gasteiger partial charge on any atom is -0.483 e. The third kappa shape index (κ3) is 7.10. The van der Waals surface area contributed by atoms with Gasteiger partial charge in [-0.05, 0) is 88.2 Å². The molecule has 3 rings (SSSR count). The molecule has 3 aromatic carbocycles. The van der Waals surface area contributed by atoms with Crippen molar-refractivity contribution in [2.24, 2.45) is 5.10 Å². The van der Waals surface area contributed by atoms with E-state index in [9.17, 15) is 9.59 Å². The van der Waals surface area contributed by atoms with Crippen molar-refractivity contribution >= 4 is 62.8 Å². The number of halogens is 3. The number of nitrogens with zero attached hydrogens (tertiary/aromatic N) is 1.